The van der Waals surface area contributed by atoms with Gasteiger partial charge < -0.3 is 5.32 Å². The van der Waals surface area contributed by atoms with E-state index < -0.39 is 5.76 Å². The number of hydrogen-bond acceptors (Lipinski definition) is 6. The molecule has 128 valence electrons. The van der Waals surface area contributed by atoms with E-state index in [1.807, 2.05) is 19.1 Å². The molecule has 25 heavy (non-hydrogen) atoms. The van der Waals surface area contributed by atoms with Crippen LogP contribution in [0.25, 0.3) is 11.4 Å². The lowest BCUT2D eigenvalue weighted by molar-refractivity contribution is 0.0945. The summed E-state index contributed by atoms with van der Waals surface area (Å²) < 4.78 is 4.50. The topological polar surface area (TPSA) is 114 Å². The minimum absolute atomic E-state index is 0.229. The summed E-state index contributed by atoms with van der Waals surface area (Å²) in [5, 5.41) is 6.45. The van der Waals surface area contributed by atoms with Crippen molar-refractivity contribution in [3.8, 4) is 11.4 Å². The van der Waals surface area contributed by atoms with Gasteiger partial charge in [0.15, 0.2) is 5.82 Å². The molecule has 0 radical (unpaired) electrons. The van der Waals surface area contributed by atoms with Crippen molar-refractivity contribution in [3.63, 3.8) is 0 Å². The highest BCUT2D eigenvalue weighted by Gasteiger charge is 2.13. The van der Waals surface area contributed by atoms with Gasteiger partial charge in [-0.25, -0.2) is 9.78 Å². The first-order valence-electron chi connectivity index (χ1n) is 7.83. The van der Waals surface area contributed by atoms with E-state index in [9.17, 15) is 9.59 Å². The van der Waals surface area contributed by atoms with E-state index in [4.69, 9.17) is 0 Å². The molecule has 0 unspecified atom stereocenters. The molecule has 0 saturated carbocycles. The van der Waals surface area contributed by atoms with E-state index >= 15 is 0 Å². The molecule has 8 heteroatoms. The molecular weight excluding hydrogens is 322 g/mol. The van der Waals surface area contributed by atoms with Gasteiger partial charge >= 0.3 is 5.76 Å². The van der Waals surface area contributed by atoms with Crippen molar-refractivity contribution in [2.45, 2.75) is 26.8 Å². The minimum atomic E-state index is -0.655. The first-order chi connectivity index (χ1) is 12.1. The highest BCUT2D eigenvalue weighted by molar-refractivity contribution is 5.93. The highest BCUT2D eigenvalue weighted by Crippen LogP contribution is 2.16. The molecular formula is C17H17N5O3. The fourth-order valence-electron chi connectivity index (χ4n) is 2.48. The van der Waals surface area contributed by atoms with Gasteiger partial charge in [0.1, 0.15) is 5.69 Å². The molecule has 3 aromatic heterocycles. The second-order valence-electron chi connectivity index (χ2n) is 5.47. The summed E-state index contributed by atoms with van der Waals surface area (Å²) in [5.41, 5.74) is 3.31. The molecule has 0 aliphatic heterocycles. The molecule has 3 heterocycles. The van der Waals surface area contributed by atoms with Crippen LogP contribution in [-0.2, 0) is 13.0 Å². The molecule has 0 bridgehead atoms. The number of H-pyrrole nitrogens is 1. The molecule has 3 rings (SSSR count). The molecule has 2 N–H and O–H groups in total. The van der Waals surface area contributed by atoms with Gasteiger partial charge in [0.05, 0.1) is 12.2 Å². The summed E-state index contributed by atoms with van der Waals surface area (Å²) in [6.45, 7) is 4.11. The van der Waals surface area contributed by atoms with Crippen LogP contribution in [0.1, 0.15) is 34.4 Å². The molecule has 3 aromatic rings. The minimum Gasteiger partial charge on any atom is -0.345 e. The first-order valence-corrected chi connectivity index (χ1v) is 7.83. The molecule has 8 nitrogen and oxygen atoms in total. The number of amides is 1. The van der Waals surface area contributed by atoms with Crippen LogP contribution in [0.2, 0.25) is 0 Å². The zero-order valence-electron chi connectivity index (χ0n) is 13.9. The zero-order chi connectivity index (χ0) is 17.8. The monoisotopic (exact) mass is 339 g/mol. The van der Waals surface area contributed by atoms with Crippen LogP contribution in [0.5, 0.6) is 0 Å². The molecule has 0 spiro atoms. The molecule has 1 amide bonds. The Hall–Kier alpha value is -3.29. The summed E-state index contributed by atoms with van der Waals surface area (Å²) in [6, 6.07) is 7.11. The van der Waals surface area contributed by atoms with Crippen molar-refractivity contribution in [3.05, 3.63) is 63.7 Å². The quantitative estimate of drug-likeness (QED) is 0.730. The summed E-state index contributed by atoms with van der Waals surface area (Å²) in [4.78, 5) is 34.5. The number of nitrogens with one attached hydrogen (secondary N) is 2. The van der Waals surface area contributed by atoms with Gasteiger partial charge in [-0.1, -0.05) is 18.1 Å². The highest BCUT2D eigenvalue weighted by atomic mass is 16.5. The Morgan fingerprint density at radius 3 is 2.92 bits per heavy atom. The number of aromatic nitrogens is 4. The number of pyridine rings is 2. The average Bonchev–Trinajstić information content (AvgIpc) is 3.06. The van der Waals surface area contributed by atoms with Gasteiger partial charge in [0, 0.05) is 17.5 Å². The maximum atomic E-state index is 12.4. The van der Waals surface area contributed by atoms with Crippen molar-refractivity contribution < 1.29 is 9.32 Å². The summed E-state index contributed by atoms with van der Waals surface area (Å²) >= 11 is 0. The standard InChI is InChI=1S/C17H17N5O3/c1-3-11-5-4-6-18-14(11)9-19-16(23)13-8-12(7-10(2)20-13)15-21-17(24)25-22-15/h4-8H,3,9H2,1-2H3,(H,19,23)(H,21,22,24). The molecule has 0 aromatic carbocycles. The molecule has 0 aliphatic rings. The number of rotatable bonds is 5. The van der Waals surface area contributed by atoms with E-state index in [2.05, 4.69) is 29.9 Å². The lowest BCUT2D eigenvalue weighted by atomic mass is 10.1. The predicted octanol–water partition coefficient (Wildman–Crippen LogP) is 1.62. The number of aromatic amines is 1. The number of carbonyl (C=O) groups is 1. The Morgan fingerprint density at radius 2 is 2.20 bits per heavy atom. The molecule has 0 aliphatic carbocycles. The van der Waals surface area contributed by atoms with E-state index in [1.165, 1.54) is 0 Å². The van der Waals surface area contributed by atoms with Gasteiger partial charge in [-0.05, 0) is 37.1 Å². The molecule has 0 saturated heterocycles. The second kappa shape index (κ2) is 7.08. The number of nitrogens with zero attached hydrogens (tertiary/aromatic N) is 3. The Balaban J connectivity index is 1.80. The zero-order valence-corrected chi connectivity index (χ0v) is 13.9. The van der Waals surface area contributed by atoms with Crippen molar-refractivity contribution in [2.75, 3.05) is 0 Å². The lowest BCUT2D eigenvalue weighted by Gasteiger charge is -2.09. The average molecular weight is 339 g/mol. The smallest absolute Gasteiger partial charge is 0.345 e. The number of carbonyl (C=O) groups excluding carboxylic acids is 1. The maximum Gasteiger partial charge on any atom is 0.439 e. The van der Waals surface area contributed by atoms with E-state index in [-0.39, 0.29) is 17.4 Å². The normalized spacial score (nSPS) is 10.6. The lowest BCUT2D eigenvalue weighted by Crippen LogP contribution is -2.25. The Bertz CT molecular complexity index is 961. The summed E-state index contributed by atoms with van der Waals surface area (Å²) in [6.07, 6.45) is 2.54. The SMILES string of the molecule is CCc1cccnc1CNC(=O)c1cc(-c2noc(=O)[nH]2)cc(C)n1. The molecule has 0 fully saturated rings. The van der Waals surface area contributed by atoms with Crippen LogP contribution in [0.3, 0.4) is 0 Å². The Morgan fingerprint density at radius 1 is 1.36 bits per heavy atom. The van der Waals surface area contributed by atoms with Crippen molar-refractivity contribution in [1.82, 2.24) is 25.4 Å². The van der Waals surface area contributed by atoms with E-state index in [0.717, 1.165) is 17.7 Å². The van der Waals surface area contributed by atoms with Crippen LogP contribution in [0.4, 0.5) is 0 Å². The Kier molecular flexibility index (Phi) is 4.69. The summed E-state index contributed by atoms with van der Waals surface area (Å²) in [7, 11) is 0. The predicted molar refractivity (Wildman–Crippen MR) is 89.9 cm³/mol. The van der Waals surface area contributed by atoms with Crippen molar-refractivity contribution in [1.29, 1.82) is 0 Å². The van der Waals surface area contributed by atoms with Gasteiger partial charge in [0.25, 0.3) is 5.91 Å². The second-order valence-corrected chi connectivity index (χ2v) is 5.47. The third-order valence-corrected chi connectivity index (χ3v) is 3.68. The Labute approximate surface area is 143 Å². The van der Waals surface area contributed by atoms with Crippen LogP contribution in [0, 0.1) is 6.92 Å². The van der Waals surface area contributed by atoms with Crippen molar-refractivity contribution in [2.24, 2.45) is 0 Å². The summed E-state index contributed by atoms with van der Waals surface area (Å²) in [5.74, 6) is -0.733. The fourth-order valence-corrected chi connectivity index (χ4v) is 2.48. The third-order valence-electron chi connectivity index (χ3n) is 3.68. The van der Waals surface area contributed by atoms with Gasteiger partial charge in [0.2, 0.25) is 0 Å². The van der Waals surface area contributed by atoms with Gasteiger partial charge in [-0.3, -0.25) is 19.3 Å². The van der Waals surface area contributed by atoms with Crippen LogP contribution < -0.4 is 11.1 Å². The number of hydrogen-bond donors (Lipinski definition) is 2. The van der Waals surface area contributed by atoms with Crippen LogP contribution >= 0.6 is 0 Å². The maximum absolute atomic E-state index is 12.4. The van der Waals surface area contributed by atoms with Crippen molar-refractivity contribution >= 4 is 5.91 Å². The first kappa shape index (κ1) is 16.6. The largest absolute Gasteiger partial charge is 0.439 e. The van der Waals surface area contributed by atoms with E-state index in [1.54, 1.807) is 25.3 Å². The molecule has 0 atom stereocenters. The van der Waals surface area contributed by atoms with Gasteiger partial charge in [-0.2, -0.15) is 0 Å². The number of aryl methyl sites for hydroxylation is 2. The van der Waals surface area contributed by atoms with Crippen LogP contribution in [0.15, 0.2) is 39.8 Å². The fraction of sp³-hybridized carbons (Fsp3) is 0.235. The van der Waals surface area contributed by atoms with E-state index in [0.29, 0.717) is 17.8 Å². The van der Waals surface area contributed by atoms with Gasteiger partial charge in [-0.15, -0.1) is 0 Å². The third kappa shape index (κ3) is 3.79. The van der Waals surface area contributed by atoms with Crippen LogP contribution in [-0.4, -0.2) is 26.0 Å².